The fourth-order valence-corrected chi connectivity index (χ4v) is 10.7. The van der Waals surface area contributed by atoms with Crippen LogP contribution in [0.2, 0.25) is 0 Å². The maximum atomic E-state index is 14.1. The molecule has 10 heteroatoms. The first-order valence-electron chi connectivity index (χ1n) is 14.3. The Labute approximate surface area is 265 Å². The molecule has 1 aromatic heterocycles. The summed E-state index contributed by atoms with van der Waals surface area (Å²) in [5.41, 5.74) is 0.288. The summed E-state index contributed by atoms with van der Waals surface area (Å²) in [7, 11) is 0. The van der Waals surface area contributed by atoms with E-state index < -0.39 is 48.6 Å². The van der Waals surface area contributed by atoms with E-state index in [-0.39, 0.29) is 28.9 Å². The summed E-state index contributed by atoms with van der Waals surface area (Å²) < 4.78 is 6.27. The zero-order chi connectivity index (χ0) is 32.1. The van der Waals surface area contributed by atoms with Crippen molar-refractivity contribution >= 4 is 63.4 Å². The minimum Gasteiger partial charge on any atom is -0.477 e. The molecule has 4 aromatic rings. The second-order valence-electron chi connectivity index (χ2n) is 10.6. The van der Waals surface area contributed by atoms with Gasteiger partial charge in [0.1, 0.15) is 4.88 Å². The highest BCUT2D eigenvalue weighted by Gasteiger charge is 2.55. The van der Waals surface area contributed by atoms with E-state index in [0.29, 0.717) is 0 Å². The van der Waals surface area contributed by atoms with Gasteiger partial charge in [0.05, 0.1) is 24.5 Å². The molecule has 0 aliphatic carbocycles. The molecule has 0 saturated carbocycles. The molecule has 0 spiro atoms. The van der Waals surface area contributed by atoms with Crippen molar-refractivity contribution in [2.24, 2.45) is 5.92 Å². The fourth-order valence-electron chi connectivity index (χ4n) is 5.73. The van der Waals surface area contributed by atoms with Crippen LogP contribution in [0.15, 0.2) is 115 Å². The number of Topliss-reactive ketones (excluding diaryl/α,β-unsaturated/α-hetero) is 1. The summed E-state index contributed by atoms with van der Waals surface area (Å²) in [6, 6.07) is 29.0. The number of ketones is 1. The number of amides is 1. The zero-order valence-corrected chi connectivity index (χ0v) is 26.2. The molecule has 1 saturated heterocycles. The van der Waals surface area contributed by atoms with Crippen molar-refractivity contribution in [2.45, 2.75) is 31.9 Å². The molecule has 1 amide bonds. The number of β-lactam (4-membered cyclic amide) rings is 1. The Balaban J connectivity index is 1.82. The molecule has 1 fully saturated rings. The van der Waals surface area contributed by atoms with Crippen molar-refractivity contribution in [3.63, 3.8) is 0 Å². The molecular formula is C35H32NO7PS. The Morgan fingerprint density at radius 1 is 0.956 bits per heavy atom. The summed E-state index contributed by atoms with van der Waals surface area (Å²) in [4.78, 5) is 53.9. The average molecular weight is 642 g/mol. The molecule has 230 valence electrons. The van der Waals surface area contributed by atoms with Gasteiger partial charge in [-0.3, -0.25) is 19.3 Å². The smallest absolute Gasteiger partial charge is 0.345 e. The topological polar surface area (TPSA) is 121 Å². The van der Waals surface area contributed by atoms with Crippen LogP contribution in [0.3, 0.4) is 0 Å². The number of carbonyl (C=O) groups is 4. The zero-order valence-electron chi connectivity index (χ0n) is 24.5. The highest BCUT2D eigenvalue weighted by atomic mass is 32.1. The van der Waals surface area contributed by atoms with Crippen LogP contribution in [0.1, 0.15) is 39.8 Å². The van der Waals surface area contributed by atoms with Gasteiger partial charge in [0.25, 0.3) is 0 Å². The number of hydrogen-bond acceptors (Lipinski definition) is 7. The summed E-state index contributed by atoms with van der Waals surface area (Å²) in [6.45, 7) is 2.02. The normalized spacial score (nSPS) is 16.8. The van der Waals surface area contributed by atoms with Gasteiger partial charge in [-0.15, -0.1) is 17.9 Å². The number of carboxylic acid groups (broad SMARTS) is 1. The first kappa shape index (κ1) is 31.9. The fraction of sp³-hybridized carbons (Fsp3) is 0.171. The van der Waals surface area contributed by atoms with Gasteiger partial charge >= 0.3 is 11.9 Å². The molecule has 5 rings (SSSR count). The number of ether oxygens (including phenoxy) is 1. The number of carbonyl (C=O) groups excluding carboxylic acids is 3. The highest BCUT2D eigenvalue weighted by Crippen LogP contribution is 2.50. The lowest BCUT2D eigenvalue weighted by Crippen LogP contribution is -2.67. The van der Waals surface area contributed by atoms with Crippen LogP contribution in [0.4, 0.5) is 0 Å². The SMILES string of the molecule is C=CCC(=O)OC(N1C(=O)[C@H]([C@@H](C)O)[C@H]1CC(=O)c1csc(C(=O)O)c1)=P(c1ccccc1)(c1ccccc1)c1ccccc1. The van der Waals surface area contributed by atoms with Crippen molar-refractivity contribution in [1.29, 1.82) is 0 Å². The molecule has 3 aromatic carbocycles. The van der Waals surface area contributed by atoms with Crippen molar-refractivity contribution < 1.29 is 34.1 Å². The summed E-state index contributed by atoms with van der Waals surface area (Å²) >= 11 is 0.935. The molecule has 1 aliphatic heterocycles. The van der Waals surface area contributed by atoms with Crippen LogP contribution in [0.5, 0.6) is 0 Å². The minimum absolute atomic E-state index is 0.0137. The van der Waals surface area contributed by atoms with Gasteiger partial charge in [0.15, 0.2) is 5.78 Å². The van der Waals surface area contributed by atoms with Crippen LogP contribution >= 0.6 is 18.2 Å². The van der Waals surface area contributed by atoms with Crippen LogP contribution in [0.25, 0.3) is 0 Å². The van der Waals surface area contributed by atoms with Gasteiger partial charge < -0.3 is 14.9 Å². The van der Waals surface area contributed by atoms with Gasteiger partial charge in [-0.1, -0.05) is 97.1 Å². The Hall–Kier alpha value is -4.56. The molecule has 45 heavy (non-hydrogen) atoms. The summed E-state index contributed by atoms with van der Waals surface area (Å²) in [5, 5.41) is 24.0. The van der Waals surface area contributed by atoms with Gasteiger partial charge in [-0.25, -0.2) is 4.79 Å². The van der Waals surface area contributed by atoms with Gasteiger partial charge in [-0.2, -0.15) is 0 Å². The van der Waals surface area contributed by atoms with Crippen molar-refractivity contribution in [3.8, 4) is 0 Å². The molecule has 8 nitrogen and oxygen atoms in total. The number of esters is 1. The predicted molar refractivity (Wildman–Crippen MR) is 177 cm³/mol. The lowest BCUT2D eigenvalue weighted by Gasteiger charge is -2.50. The number of aromatic carboxylic acids is 1. The standard InChI is InChI=1S/C35H32NO7PS/c1-3-13-31(39)43-35(36-28(32(23(2)37)33(36)40)21-29(38)24-20-30(34(41)42)45-22-24)44(25-14-7-4-8-15-25,26-16-9-5-10-17-26)27-18-11-6-12-19-27/h3-12,14-20,22-23,28,32,37H,1,13,21H2,2H3,(H,41,42)/t23-,28-,32-/m1/s1. The van der Waals surface area contributed by atoms with Crippen LogP contribution < -0.4 is 15.9 Å². The van der Waals surface area contributed by atoms with E-state index in [1.54, 1.807) is 0 Å². The van der Waals surface area contributed by atoms with Gasteiger partial charge in [0.2, 0.25) is 11.5 Å². The number of rotatable bonds is 12. The third-order valence-corrected chi connectivity index (χ3v) is 12.8. The number of carboxylic acids is 1. The van der Waals surface area contributed by atoms with Gasteiger partial charge in [0, 0.05) is 24.3 Å². The number of likely N-dealkylation sites (tertiary alicyclic amines) is 1. The van der Waals surface area contributed by atoms with Crippen LogP contribution in [-0.4, -0.2) is 56.5 Å². The second kappa shape index (κ2) is 13.6. The third-order valence-electron chi connectivity index (χ3n) is 7.75. The van der Waals surface area contributed by atoms with E-state index in [1.165, 1.54) is 29.3 Å². The molecule has 2 heterocycles. The van der Waals surface area contributed by atoms with Crippen LogP contribution in [-0.2, 0) is 14.3 Å². The number of nitrogens with zero attached hydrogens (tertiary/aromatic N) is 1. The van der Waals surface area contributed by atoms with Crippen LogP contribution in [0, 0.1) is 5.92 Å². The van der Waals surface area contributed by atoms with E-state index in [9.17, 15) is 29.4 Å². The molecule has 3 atom stereocenters. The molecule has 0 radical (unpaired) electrons. The first-order chi connectivity index (χ1) is 21.7. The third kappa shape index (κ3) is 6.07. The Morgan fingerprint density at radius 2 is 1.47 bits per heavy atom. The van der Waals surface area contributed by atoms with Gasteiger partial charge in [-0.05, 0) is 28.9 Å². The maximum Gasteiger partial charge on any atom is 0.345 e. The monoisotopic (exact) mass is 641 g/mol. The lowest BCUT2D eigenvalue weighted by molar-refractivity contribution is -0.157. The number of hydrogen-bond donors (Lipinski definition) is 2. The first-order valence-corrected chi connectivity index (χ1v) is 17.0. The van der Waals surface area contributed by atoms with E-state index >= 15 is 0 Å². The Kier molecular flexibility index (Phi) is 9.63. The molecular weight excluding hydrogens is 609 g/mol. The number of benzene rings is 3. The quantitative estimate of drug-likeness (QED) is 0.0772. The Bertz CT molecular complexity index is 1680. The second-order valence-corrected chi connectivity index (χ2v) is 14.8. The summed E-state index contributed by atoms with van der Waals surface area (Å²) in [5.74, 6) is -3.60. The molecule has 0 bridgehead atoms. The molecule has 2 N–H and O–H groups in total. The maximum absolute atomic E-state index is 14.1. The predicted octanol–water partition coefficient (Wildman–Crippen LogP) is 4.43. The molecule has 0 unspecified atom stereocenters. The summed E-state index contributed by atoms with van der Waals surface area (Å²) in [6.07, 6.45) is -0.0356. The average Bonchev–Trinajstić information content (AvgIpc) is 3.54. The van der Waals surface area contributed by atoms with Crippen molar-refractivity contribution in [3.05, 3.63) is 126 Å². The van der Waals surface area contributed by atoms with E-state index in [1.807, 2.05) is 91.0 Å². The van der Waals surface area contributed by atoms with E-state index in [2.05, 4.69) is 6.58 Å². The number of aliphatic hydroxyl groups excluding tert-OH is 1. The van der Waals surface area contributed by atoms with E-state index in [0.717, 1.165) is 27.3 Å². The van der Waals surface area contributed by atoms with E-state index in [4.69, 9.17) is 4.74 Å². The number of aliphatic hydroxyl groups is 1. The highest BCUT2D eigenvalue weighted by molar-refractivity contribution is 7.95. The number of thiophene rings is 1. The lowest BCUT2D eigenvalue weighted by atomic mass is 9.80. The Morgan fingerprint density at radius 3 is 1.89 bits per heavy atom. The largest absolute Gasteiger partial charge is 0.477 e. The molecule has 1 aliphatic rings. The minimum atomic E-state index is -3.14. The van der Waals surface area contributed by atoms with Crippen molar-refractivity contribution in [1.82, 2.24) is 4.90 Å². The van der Waals surface area contributed by atoms with Crippen molar-refractivity contribution in [2.75, 3.05) is 0 Å².